The first kappa shape index (κ1) is 15.5. The van der Waals surface area contributed by atoms with Crippen LogP contribution in [-0.2, 0) is 4.79 Å². The van der Waals surface area contributed by atoms with Gasteiger partial charge < -0.3 is 10.4 Å². The predicted octanol–water partition coefficient (Wildman–Crippen LogP) is 1.30. The molecule has 2 atom stereocenters. The van der Waals surface area contributed by atoms with Crippen LogP contribution in [0, 0.1) is 0 Å². The Bertz CT molecular complexity index is 425. The summed E-state index contributed by atoms with van der Waals surface area (Å²) in [7, 11) is 1.44. The van der Waals surface area contributed by atoms with E-state index in [-0.39, 0.29) is 5.91 Å². The lowest BCUT2D eigenvalue weighted by Gasteiger charge is -2.14. The van der Waals surface area contributed by atoms with Gasteiger partial charge in [-0.05, 0) is 12.5 Å². The summed E-state index contributed by atoms with van der Waals surface area (Å²) in [4.78, 5) is 22.6. The molecule has 6 heteroatoms. The highest BCUT2D eigenvalue weighted by atomic mass is 32.2. The van der Waals surface area contributed by atoms with E-state index in [1.54, 1.807) is 6.92 Å². The Labute approximate surface area is 116 Å². The molecule has 0 saturated heterocycles. The highest BCUT2D eigenvalue weighted by molar-refractivity contribution is 8.00. The van der Waals surface area contributed by atoms with Gasteiger partial charge in [0.1, 0.15) is 0 Å². The molecule has 0 aliphatic carbocycles. The molecule has 0 aliphatic rings. The van der Waals surface area contributed by atoms with Crippen molar-refractivity contribution in [1.82, 2.24) is 10.6 Å². The Morgan fingerprint density at radius 3 is 2.53 bits per heavy atom. The number of benzene rings is 1. The summed E-state index contributed by atoms with van der Waals surface area (Å²) in [6.45, 7) is 1.70. The maximum absolute atomic E-state index is 11.6. The second-order valence-electron chi connectivity index (χ2n) is 3.97. The van der Waals surface area contributed by atoms with Gasteiger partial charge in [0.25, 0.3) is 0 Å². The molecule has 0 aliphatic heterocycles. The van der Waals surface area contributed by atoms with E-state index in [4.69, 9.17) is 0 Å². The quantitative estimate of drug-likeness (QED) is 0.760. The third kappa shape index (κ3) is 5.32. The van der Waals surface area contributed by atoms with Crippen LogP contribution in [0.4, 0.5) is 4.79 Å². The Balaban J connectivity index is 2.39. The number of hydrogen-bond donors (Lipinski definition) is 3. The van der Waals surface area contributed by atoms with Crippen molar-refractivity contribution in [2.24, 2.45) is 0 Å². The molecule has 1 aromatic rings. The topological polar surface area (TPSA) is 78.4 Å². The molecule has 0 fully saturated rings. The van der Waals surface area contributed by atoms with Crippen LogP contribution in [0.1, 0.15) is 18.6 Å². The lowest BCUT2D eigenvalue weighted by molar-refractivity contribution is -0.119. The SMILES string of the molecule is CNC(=O)NC(=O)[C@H](C)SC[C@@H](O)c1ccccc1. The van der Waals surface area contributed by atoms with Crippen molar-refractivity contribution in [3.8, 4) is 0 Å². The molecule has 1 rings (SSSR count). The van der Waals surface area contributed by atoms with E-state index in [0.717, 1.165) is 5.56 Å². The number of aliphatic hydroxyl groups excluding tert-OH is 1. The first-order valence-electron chi connectivity index (χ1n) is 5.91. The van der Waals surface area contributed by atoms with Gasteiger partial charge in [-0.25, -0.2) is 4.79 Å². The van der Waals surface area contributed by atoms with Gasteiger partial charge in [-0.1, -0.05) is 30.3 Å². The maximum Gasteiger partial charge on any atom is 0.321 e. The second-order valence-corrected chi connectivity index (χ2v) is 5.34. The van der Waals surface area contributed by atoms with Crippen LogP contribution in [0.3, 0.4) is 0 Å². The molecule has 0 aromatic heterocycles. The number of rotatable bonds is 5. The van der Waals surface area contributed by atoms with Crippen LogP contribution in [0.15, 0.2) is 30.3 Å². The second kappa shape index (κ2) is 7.81. The van der Waals surface area contributed by atoms with Gasteiger partial charge in [0.2, 0.25) is 5.91 Å². The fourth-order valence-electron chi connectivity index (χ4n) is 1.36. The number of carbonyl (C=O) groups is 2. The van der Waals surface area contributed by atoms with Crippen LogP contribution < -0.4 is 10.6 Å². The van der Waals surface area contributed by atoms with E-state index in [1.807, 2.05) is 30.3 Å². The third-order valence-electron chi connectivity index (χ3n) is 2.52. The molecule has 0 saturated carbocycles. The molecule has 3 amide bonds. The van der Waals surface area contributed by atoms with Gasteiger partial charge in [0.15, 0.2) is 0 Å². The summed E-state index contributed by atoms with van der Waals surface area (Å²) in [5.41, 5.74) is 0.814. The van der Waals surface area contributed by atoms with Gasteiger partial charge in [0, 0.05) is 12.8 Å². The maximum atomic E-state index is 11.6. The van der Waals surface area contributed by atoms with Gasteiger partial charge in [-0.2, -0.15) is 0 Å². The zero-order valence-corrected chi connectivity index (χ0v) is 11.7. The van der Waals surface area contributed by atoms with Crippen molar-refractivity contribution in [2.45, 2.75) is 18.3 Å². The monoisotopic (exact) mass is 282 g/mol. The molecule has 104 valence electrons. The van der Waals surface area contributed by atoms with E-state index in [1.165, 1.54) is 18.8 Å². The summed E-state index contributed by atoms with van der Waals surface area (Å²) < 4.78 is 0. The molecule has 0 bridgehead atoms. The Kier molecular flexibility index (Phi) is 6.38. The van der Waals surface area contributed by atoms with Gasteiger partial charge in [-0.3, -0.25) is 10.1 Å². The van der Waals surface area contributed by atoms with Crippen LogP contribution in [0.25, 0.3) is 0 Å². The number of imide groups is 1. The summed E-state index contributed by atoms with van der Waals surface area (Å²) in [5.74, 6) is 0.0245. The Morgan fingerprint density at radius 1 is 1.32 bits per heavy atom. The number of carbonyl (C=O) groups excluding carboxylic acids is 2. The number of amides is 3. The average Bonchev–Trinajstić information content (AvgIpc) is 2.44. The summed E-state index contributed by atoms with van der Waals surface area (Å²) in [5, 5.41) is 14.1. The summed E-state index contributed by atoms with van der Waals surface area (Å²) in [6.07, 6.45) is -0.624. The molecular weight excluding hydrogens is 264 g/mol. The summed E-state index contributed by atoms with van der Waals surface area (Å²) in [6, 6.07) is 8.72. The van der Waals surface area contributed by atoms with Gasteiger partial charge >= 0.3 is 6.03 Å². The fraction of sp³-hybridized carbons (Fsp3) is 0.385. The first-order chi connectivity index (χ1) is 9.04. The van der Waals surface area contributed by atoms with Crippen molar-refractivity contribution >= 4 is 23.7 Å². The minimum Gasteiger partial charge on any atom is -0.388 e. The highest BCUT2D eigenvalue weighted by Gasteiger charge is 2.17. The molecule has 0 radical (unpaired) electrons. The number of aliphatic hydroxyl groups is 1. The number of urea groups is 1. The van der Waals surface area contributed by atoms with E-state index in [9.17, 15) is 14.7 Å². The van der Waals surface area contributed by atoms with E-state index >= 15 is 0 Å². The van der Waals surface area contributed by atoms with Crippen molar-refractivity contribution < 1.29 is 14.7 Å². The number of nitrogens with one attached hydrogen (secondary N) is 2. The van der Waals surface area contributed by atoms with Crippen molar-refractivity contribution in [2.75, 3.05) is 12.8 Å². The van der Waals surface area contributed by atoms with E-state index < -0.39 is 17.4 Å². The average molecular weight is 282 g/mol. The van der Waals surface area contributed by atoms with Crippen LogP contribution in [0.5, 0.6) is 0 Å². The lowest BCUT2D eigenvalue weighted by Crippen LogP contribution is -2.41. The van der Waals surface area contributed by atoms with E-state index in [2.05, 4.69) is 10.6 Å². The van der Waals surface area contributed by atoms with Gasteiger partial charge in [0.05, 0.1) is 11.4 Å². The standard InChI is InChI=1S/C13H18N2O3S/c1-9(12(17)15-13(18)14-2)19-8-11(16)10-6-4-3-5-7-10/h3-7,9,11,16H,8H2,1-2H3,(H2,14,15,17,18)/t9-,11+/m0/s1. The van der Waals surface area contributed by atoms with Crippen molar-refractivity contribution in [3.05, 3.63) is 35.9 Å². The molecule has 1 aromatic carbocycles. The predicted molar refractivity (Wildman–Crippen MR) is 75.9 cm³/mol. The molecule has 5 nitrogen and oxygen atoms in total. The molecule has 0 spiro atoms. The molecule has 0 unspecified atom stereocenters. The van der Waals surface area contributed by atoms with Crippen molar-refractivity contribution in [1.29, 1.82) is 0 Å². The van der Waals surface area contributed by atoms with Crippen LogP contribution in [0.2, 0.25) is 0 Å². The minimum absolute atomic E-state index is 0.371. The Hall–Kier alpha value is -1.53. The molecular formula is C13H18N2O3S. The van der Waals surface area contributed by atoms with Gasteiger partial charge in [-0.15, -0.1) is 11.8 Å². The fourth-order valence-corrected chi connectivity index (χ4v) is 2.23. The third-order valence-corrected chi connectivity index (χ3v) is 3.74. The minimum atomic E-state index is -0.624. The normalized spacial score (nSPS) is 13.4. The van der Waals surface area contributed by atoms with E-state index in [0.29, 0.717) is 5.75 Å². The lowest BCUT2D eigenvalue weighted by atomic mass is 10.1. The van der Waals surface area contributed by atoms with Crippen molar-refractivity contribution in [3.63, 3.8) is 0 Å². The largest absolute Gasteiger partial charge is 0.388 e. The molecule has 3 N–H and O–H groups in total. The zero-order chi connectivity index (χ0) is 14.3. The number of thioether (sulfide) groups is 1. The highest BCUT2D eigenvalue weighted by Crippen LogP contribution is 2.21. The Morgan fingerprint density at radius 2 is 1.95 bits per heavy atom. The smallest absolute Gasteiger partial charge is 0.321 e. The van der Waals surface area contributed by atoms with Crippen LogP contribution in [-0.4, -0.2) is 35.1 Å². The first-order valence-corrected chi connectivity index (χ1v) is 6.96. The summed E-state index contributed by atoms with van der Waals surface area (Å²) >= 11 is 1.30. The van der Waals surface area contributed by atoms with Crippen LogP contribution >= 0.6 is 11.8 Å². The number of hydrogen-bond acceptors (Lipinski definition) is 4. The molecule has 19 heavy (non-hydrogen) atoms. The zero-order valence-electron chi connectivity index (χ0n) is 10.9. The molecule has 0 heterocycles.